The Morgan fingerprint density at radius 1 is 1.55 bits per heavy atom. The highest BCUT2D eigenvalue weighted by atomic mass is 16.5. The summed E-state index contributed by atoms with van der Waals surface area (Å²) in [6, 6.07) is 5.37. The van der Waals surface area contributed by atoms with Crippen molar-refractivity contribution in [3.8, 4) is 5.75 Å². The first-order valence-electron chi connectivity index (χ1n) is 6.33. The minimum atomic E-state index is -0.391. The molecule has 1 aromatic heterocycles. The van der Waals surface area contributed by atoms with Crippen LogP contribution in [0.3, 0.4) is 0 Å². The van der Waals surface area contributed by atoms with Gasteiger partial charge in [0.15, 0.2) is 0 Å². The van der Waals surface area contributed by atoms with Crippen molar-refractivity contribution in [2.24, 2.45) is 0 Å². The molecule has 3 rings (SSSR count). The molecule has 0 radical (unpaired) electrons. The van der Waals surface area contributed by atoms with Crippen LogP contribution < -0.4 is 15.7 Å². The smallest absolute Gasteiger partial charge is 0.340 e. The van der Waals surface area contributed by atoms with Gasteiger partial charge in [0.2, 0.25) is 0 Å². The van der Waals surface area contributed by atoms with Gasteiger partial charge in [-0.3, -0.25) is 9.78 Å². The number of nitrogens with one attached hydrogen (secondary N) is 3. The number of aromatic nitrogens is 3. The number of rotatable bonds is 3. The number of benzene rings is 1. The fourth-order valence-corrected chi connectivity index (χ4v) is 2.22. The highest BCUT2D eigenvalue weighted by molar-refractivity contribution is 5.94. The Morgan fingerprint density at radius 3 is 3.15 bits per heavy atom. The van der Waals surface area contributed by atoms with E-state index in [-0.39, 0.29) is 18.6 Å². The van der Waals surface area contributed by atoms with Gasteiger partial charge in [-0.25, -0.2) is 9.89 Å². The molecule has 1 aliphatic rings. The van der Waals surface area contributed by atoms with E-state index in [4.69, 9.17) is 4.74 Å². The van der Waals surface area contributed by atoms with Crippen molar-refractivity contribution < 1.29 is 9.53 Å². The van der Waals surface area contributed by atoms with E-state index in [0.29, 0.717) is 11.4 Å². The van der Waals surface area contributed by atoms with Crippen LogP contribution in [0.4, 0.5) is 0 Å². The third-order valence-corrected chi connectivity index (χ3v) is 3.12. The fourth-order valence-electron chi connectivity index (χ4n) is 2.22. The normalized spacial score (nSPS) is 16.6. The van der Waals surface area contributed by atoms with Crippen LogP contribution in [0, 0.1) is 0 Å². The monoisotopic (exact) mass is 274 g/mol. The van der Waals surface area contributed by atoms with E-state index in [0.717, 1.165) is 17.7 Å². The Kier molecular flexibility index (Phi) is 3.02. The van der Waals surface area contributed by atoms with E-state index in [1.54, 1.807) is 6.07 Å². The summed E-state index contributed by atoms with van der Waals surface area (Å²) >= 11 is 0. The first-order valence-corrected chi connectivity index (χ1v) is 6.33. The van der Waals surface area contributed by atoms with Crippen molar-refractivity contribution in [3.63, 3.8) is 0 Å². The number of fused-ring (bicyclic) bond motifs is 1. The number of hydrogen-bond donors (Lipinski definition) is 3. The van der Waals surface area contributed by atoms with Gasteiger partial charge < -0.3 is 10.1 Å². The molecule has 0 spiro atoms. The molecule has 1 aliphatic heterocycles. The summed E-state index contributed by atoms with van der Waals surface area (Å²) in [6.45, 7) is 2.16. The zero-order valence-electron chi connectivity index (χ0n) is 10.9. The van der Waals surface area contributed by atoms with Crippen molar-refractivity contribution >= 4 is 5.91 Å². The van der Waals surface area contributed by atoms with Gasteiger partial charge in [-0.15, -0.1) is 0 Å². The molecular weight excluding hydrogens is 260 g/mol. The molecule has 7 nitrogen and oxygen atoms in total. The molecule has 20 heavy (non-hydrogen) atoms. The summed E-state index contributed by atoms with van der Waals surface area (Å²) in [4.78, 5) is 25.4. The van der Waals surface area contributed by atoms with Gasteiger partial charge in [-0.05, 0) is 30.7 Å². The fraction of sp³-hybridized carbons (Fsp3) is 0.308. The predicted octanol–water partition coefficient (Wildman–Crippen LogP) is 0.351. The Morgan fingerprint density at radius 2 is 2.40 bits per heavy atom. The molecule has 1 atom stereocenters. The van der Waals surface area contributed by atoms with Crippen molar-refractivity contribution in [2.75, 3.05) is 0 Å². The minimum Gasteiger partial charge on any atom is -0.490 e. The van der Waals surface area contributed by atoms with Gasteiger partial charge in [0.25, 0.3) is 5.91 Å². The van der Waals surface area contributed by atoms with Crippen LogP contribution >= 0.6 is 0 Å². The highest BCUT2D eigenvalue weighted by Gasteiger charge is 2.20. The van der Waals surface area contributed by atoms with Crippen LogP contribution in [-0.2, 0) is 13.0 Å². The van der Waals surface area contributed by atoms with Gasteiger partial charge in [0.05, 0.1) is 6.54 Å². The predicted molar refractivity (Wildman–Crippen MR) is 70.6 cm³/mol. The maximum absolute atomic E-state index is 12.0. The molecule has 3 N–H and O–H groups in total. The van der Waals surface area contributed by atoms with Gasteiger partial charge in [-0.1, -0.05) is 0 Å². The van der Waals surface area contributed by atoms with Gasteiger partial charge in [-0.2, -0.15) is 5.10 Å². The molecule has 2 heterocycles. The lowest BCUT2D eigenvalue weighted by atomic mass is 10.1. The molecule has 0 bridgehead atoms. The third-order valence-electron chi connectivity index (χ3n) is 3.12. The van der Waals surface area contributed by atoms with Crippen molar-refractivity contribution in [1.29, 1.82) is 0 Å². The molecule has 0 unspecified atom stereocenters. The Labute approximate surface area is 114 Å². The van der Waals surface area contributed by atoms with E-state index >= 15 is 0 Å². The lowest BCUT2D eigenvalue weighted by Gasteiger charge is -2.05. The molecule has 1 aromatic carbocycles. The van der Waals surface area contributed by atoms with E-state index in [1.807, 2.05) is 19.1 Å². The van der Waals surface area contributed by atoms with Crippen molar-refractivity contribution in [1.82, 2.24) is 20.5 Å². The van der Waals surface area contributed by atoms with Crippen molar-refractivity contribution in [2.45, 2.75) is 26.0 Å². The number of hydrogen-bond acceptors (Lipinski definition) is 4. The SMILES string of the molecule is C[C@@H]1Cc2cc(C(=O)NCc3n[nH]c(=O)[nH]3)ccc2O1. The molecule has 0 fully saturated rings. The number of nitrogens with zero attached hydrogens (tertiary/aromatic N) is 1. The zero-order valence-corrected chi connectivity index (χ0v) is 10.9. The number of aromatic amines is 2. The maximum Gasteiger partial charge on any atom is 0.340 e. The summed E-state index contributed by atoms with van der Waals surface area (Å²) in [5.74, 6) is 1.02. The zero-order chi connectivity index (χ0) is 14.1. The molecule has 0 aliphatic carbocycles. The Hall–Kier alpha value is -2.57. The van der Waals surface area contributed by atoms with E-state index < -0.39 is 5.69 Å². The third kappa shape index (κ3) is 2.42. The first-order chi connectivity index (χ1) is 9.61. The summed E-state index contributed by atoms with van der Waals surface area (Å²) in [5.41, 5.74) is 1.22. The molecule has 0 saturated carbocycles. The summed E-state index contributed by atoms with van der Waals surface area (Å²) in [6.07, 6.45) is 0.959. The number of H-pyrrole nitrogens is 2. The summed E-state index contributed by atoms with van der Waals surface area (Å²) in [7, 11) is 0. The molecule has 104 valence electrons. The lowest BCUT2D eigenvalue weighted by molar-refractivity contribution is 0.0950. The molecule has 7 heteroatoms. The van der Waals surface area contributed by atoms with Crippen LogP contribution in [0.15, 0.2) is 23.0 Å². The Balaban J connectivity index is 1.69. The topological polar surface area (TPSA) is 99.9 Å². The van der Waals surface area contributed by atoms with Gasteiger partial charge in [0.1, 0.15) is 17.7 Å². The van der Waals surface area contributed by atoms with Crippen LogP contribution in [0.5, 0.6) is 5.75 Å². The van der Waals surface area contributed by atoms with Crippen LogP contribution in [-0.4, -0.2) is 27.2 Å². The number of carbonyl (C=O) groups is 1. The molecule has 0 saturated heterocycles. The van der Waals surface area contributed by atoms with E-state index in [2.05, 4.69) is 20.5 Å². The highest BCUT2D eigenvalue weighted by Crippen LogP contribution is 2.29. The average molecular weight is 274 g/mol. The minimum absolute atomic E-state index is 0.150. The maximum atomic E-state index is 12.0. The van der Waals surface area contributed by atoms with Crippen LogP contribution in [0.1, 0.15) is 28.7 Å². The second-order valence-corrected chi connectivity index (χ2v) is 4.76. The van der Waals surface area contributed by atoms with Crippen LogP contribution in [0.2, 0.25) is 0 Å². The van der Waals surface area contributed by atoms with E-state index in [9.17, 15) is 9.59 Å². The number of ether oxygens (including phenoxy) is 1. The lowest BCUT2D eigenvalue weighted by Crippen LogP contribution is -2.23. The largest absolute Gasteiger partial charge is 0.490 e. The first kappa shape index (κ1) is 12.5. The van der Waals surface area contributed by atoms with Crippen LogP contribution in [0.25, 0.3) is 0 Å². The molecular formula is C13H14N4O3. The second kappa shape index (κ2) is 4.84. The number of carbonyl (C=O) groups excluding carboxylic acids is 1. The summed E-state index contributed by atoms with van der Waals surface area (Å²) in [5, 5.41) is 8.66. The second-order valence-electron chi connectivity index (χ2n) is 4.76. The molecule has 2 aromatic rings. The average Bonchev–Trinajstić information content (AvgIpc) is 2.99. The van der Waals surface area contributed by atoms with Crippen molar-refractivity contribution in [3.05, 3.63) is 45.6 Å². The quantitative estimate of drug-likeness (QED) is 0.752. The standard InChI is InChI=1S/C13H14N4O3/c1-7-4-9-5-8(2-3-10(9)20-7)12(18)14-6-11-15-13(19)17-16-11/h2-3,5,7H,4,6H2,1H3,(H,14,18)(H2,15,16,17,19)/t7-/m1/s1. The Bertz CT molecular complexity index is 704. The summed E-state index contributed by atoms with van der Waals surface area (Å²) < 4.78 is 5.59. The number of amides is 1. The van der Waals surface area contributed by atoms with E-state index in [1.165, 1.54) is 0 Å². The van der Waals surface area contributed by atoms with Gasteiger partial charge >= 0.3 is 5.69 Å². The van der Waals surface area contributed by atoms with Gasteiger partial charge in [0, 0.05) is 12.0 Å². The molecule has 1 amide bonds.